The van der Waals surface area contributed by atoms with E-state index in [1.54, 1.807) is 19.2 Å². The van der Waals surface area contributed by atoms with Crippen molar-refractivity contribution in [1.29, 1.82) is 0 Å². The summed E-state index contributed by atoms with van der Waals surface area (Å²) in [6, 6.07) is 5.28. The molecule has 0 bridgehead atoms. The fourth-order valence-electron chi connectivity index (χ4n) is 2.49. The molecule has 0 aromatic heterocycles. The van der Waals surface area contributed by atoms with Crippen LogP contribution in [0.1, 0.15) is 30.9 Å². The van der Waals surface area contributed by atoms with Crippen LogP contribution < -0.4 is 0 Å². The molecule has 1 aromatic carbocycles. The summed E-state index contributed by atoms with van der Waals surface area (Å²) in [5, 5.41) is 8.69. The summed E-state index contributed by atoms with van der Waals surface area (Å²) in [7, 11) is -1.96. The van der Waals surface area contributed by atoms with Gasteiger partial charge < -0.3 is 9.84 Å². The first kappa shape index (κ1) is 17.9. The molecule has 1 heterocycles. The second-order valence-corrected chi connectivity index (χ2v) is 7.80. The van der Waals surface area contributed by atoms with Gasteiger partial charge in [0.1, 0.15) is 0 Å². The Morgan fingerprint density at radius 3 is 2.70 bits per heavy atom. The first-order valence-electron chi connectivity index (χ1n) is 7.76. The van der Waals surface area contributed by atoms with Crippen molar-refractivity contribution < 1.29 is 23.1 Å². The van der Waals surface area contributed by atoms with Crippen LogP contribution in [0.4, 0.5) is 0 Å². The smallest absolute Gasteiger partial charge is 0.303 e. The Labute approximate surface area is 137 Å². The third-order valence-electron chi connectivity index (χ3n) is 3.91. The topological polar surface area (TPSA) is 87.2 Å². The zero-order chi connectivity index (χ0) is 17.0. The lowest BCUT2D eigenvalue weighted by Crippen LogP contribution is -2.31. The van der Waals surface area contributed by atoms with Gasteiger partial charge in [-0.3, -0.25) is 4.79 Å². The van der Waals surface area contributed by atoms with Crippen LogP contribution in [0, 0.1) is 0 Å². The minimum Gasteiger partial charge on any atom is -0.481 e. The number of carbonyl (C=O) groups is 1. The maximum Gasteiger partial charge on any atom is 0.303 e. The number of likely N-dealkylation sites (N-methyl/N-ethyl adjacent to an activating group) is 1. The standard InChI is InChI=1S/C16H23NO5S/c1-3-13-9-12(5-4-6-16(18)19)7-8-15(13)23(20,21)17(2)10-14-11-22-14/h7-9,14H,3-6,10-11H2,1-2H3,(H,18,19). The maximum atomic E-state index is 12.7. The average molecular weight is 341 g/mol. The number of hydrogen-bond donors (Lipinski definition) is 1. The Bertz CT molecular complexity index is 667. The zero-order valence-electron chi connectivity index (χ0n) is 13.5. The highest BCUT2D eigenvalue weighted by atomic mass is 32.2. The molecule has 0 amide bonds. The molecule has 1 unspecified atom stereocenters. The summed E-state index contributed by atoms with van der Waals surface area (Å²) in [6.07, 6.45) is 1.91. The van der Waals surface area contributed by atoms with Crippen molar-refractivity contribution in [3.8, 4) is 0 Å². The van der Waals surface area contributed by atoms with E-state index in [1.165, 1.54) is 4.31 Å². The summed E-state index contributed by atoms with van der Waals surface area (Å²) in [5.41, 5.74) is 1.73. The van der Waals surface area contributed by atoms with E-state index in [-0.39, 0.29) is 12.5 Å². The monoisotopic (exact) mass is 341 g/mol. The fraction of sp³-hybridized carbons (Fsp3) is 0.562. The first-order valence-corrected chi connectivity index (χ1v) is 9.20. The third kappa shape index (κ3) is 4.76. The molecule has 1 N–H and O–H groups in total. The fourth-order valence-corrected chi connectivity index (χ4v) is 3.96. The summed E-state index contributed by atoms with van der Waals surface area (Å²) in [4.78, 5) is 10.9. The van der Waals surface area contributed by atoms with Gasteiger partial charge in [-0.15, -0.1) is 0 Å². The lowest BCUT2D eigenvalue weighted by atomic mass is 10.0. The number of hydrogen-bond acceptors (Lipinski definition) is 4. The molecule has 0 radical (unpaired) electrons. The van der Waals surface area contributed by atoms with Gasteiger partial charge in [-0.05, 0) is 36.5 Å². The van der Waals surface area contributed by atoms with Gasteiger partial charge in [0.2, 0.25) is 10.0 Å². The molecule has 2 rings (SSSR count). The quantitative estimate of drug-likeness (QED) is 0.691. The average Bonchev–Trinajstić information content (AvgIpc) is 3.30. The molecule has 1 aromatic rings. The van der Waals surface area contributed by atoms with Crippen LogP contribution in [0.15, 0.2) is 23.1 Å². The second-order valence-electron chi connectivity index (χ2n) is 5.78. The number of sulfonamides is 1. The number of benzene rings is 1. The zero-order valence-corrected chi connectivity index (χ0v) is 14.3. The molecule has 1 aliphatic heterocycles. The van der Waals surface area contributed by atoms with Crippen LogP contribution >= 0.6 is 0 Å². The van der Waals surface area contributed by atoms with Gasteiger partial charge >= 0.3 is 5.97 Å². The van der Waals surface area contributed by atoms with Crippen LogP contribution in [0.3, 0.4) is 0 Å². The van der Waals surface area contributed by atoms with E-state index in [0.29, 0.717) is 37.3 Å². The number of aryl methyl sites for hydroxylation is 2. The second kappa shape index (κ2) is 7.42. The summed E-state index contributed by atoms with van der Waals surface area (Å²) < 4.78 is 31.8. The molecule has 6 nitrogen and oxygen atoms in total. The minimum atomic E-state index is -3.53. The van der Waals surface area contributed by atoms with E-state index in [1.807, 2.05) is 13.0 Å². The first-order chi connectivity index (χ1) is 10.8. The molecule has 1 atom stereocenters. The maximum absolute atomic E-state index is 12.7. The van der Waals surface area contributed by atoms with Crippen LogP contribution in [-0.2, 0) is 32.4 Å². The van der Waals surface area contributed by atoms with Gasteiger partial charge in [0.15, 0.2) is 0 Å². The summed E-state index contributed by atoms with van der Waals surface area (Å²) in [5.74, 6) is -0.816. The molecular weight excluding hydrogens is 318 g/mol. The van der Waals surface area contributed by atoms with Crippen LogP contribution in [0.5, 0.6) is 0 Å². The Morgan fingerprint density at radius 1 is 1.43 bits per heavy atom. The molecule has 1 saturated heterocycles. The van der Waals surface area contributed by atoms with E-state index in [9.17, 15) is 13.2 Å². The van der Waals surface area contributed by atoms with E-state index in [4.69, 9.17) is 9.84 Å². The Hall–Kier alpha value is -1.44. The van der Waals surface area contributed by atoms with Crippen molar-refractivity contribution in [2.75, 3.05) is 20.2 Å². The van der Waals surface area contributed by atoms with Gasteiger partial charge in [-0.2, -0.15) is 4.31 Å². The molecule has 0 spiro atoms. The number of nitrogens with zero attached hydrogens (tertiary/aromatic N) is 1. The number of carboxylic acids is 1. The van der Waals surface area contributed by atoms with E-state index in [2.05, 4.69) is 0 Å². The van der Waals surface area contributed by atoms with Crippen LogP contribution in [-0.4, -0.2) is 50.1 Å². The molecule has 1 fully saturated rings. The predicted molar refractivity (Wildman–Crippen MR) is 85.9 cm³/mol. The molecule has 7 heteroatoms. The van der Waals surface area contributed by atoms with Crippen molar-refractivity contribution in [3.63, 3.8) is 0 Å². The molecule has 1 aliphatic rings. The van der Waals surface area contributed by atoms with Crippen molar-refractivity contribution in [2.45, 2.75) is 43.6 Å². The molecular formula is C16H23NO5S. The van der Waals surface area contributed by atoms with E-state index < -0.39 is 16.0 Å². The molecule has 0 aliphatic carbocycles. The van der Waals surface area contributed by atoms with Crippen LogP contribution in [0.25, 0.3) is 0 Å². The Balaban J connectivity index is 2.16. The molecule has 23 heavy (non-hydrogen) atoms. The van der Waals surface area contributed by atoms with Crippen molar-refractivity contribution in [2.24, 2.45) is 0 Å². The van der Waals surface area contributed by atoms with E-state index >= 15 is 0 Å². The van der Waals surface area contributed by atoms with Gasteiger partial charge in [0.25, 0.3) is 0 Å². The lowest BCUT2D eigenvalue weighted by Gasteiger charge is -2.19. The van der Waals surface area contributed by atoms with Gasteiger partial charge in [0.05, 0.1) is 17.6 Å². The highest BCUT2D eigenvalue weighted by molar-refractivity contribution is 7.89. The van der Waals surface area contributed by atoms with Gasteiger partial charge in [-0.25, -0.2) is 8.42 Å². The van der Waals surface area contributed by atoms with Gasteiger partial charge in [0, 0.05) is 20.0 Å². The molecule has 0 saturated carbocycles. The van der Waals surface area contributed by atoms with Crippen molar-refractivity contribution >= 4 is 16.0 Å². The van der Waals surface area contributed by atoms with Crippen LogP contribution in [0.2, 0.25) is 0 Å². The summed E-state index contributed by atoms with van der Waals surface area (Å²) >= 11 is 0. The predicted octanol–water partition coefficient (Wildman–Crippen LogP) is 1.68. The number of rotatable bonds is 9. The Kier molecular flexibility index (Phi) is 5.78. The largest absolute Gasteiger partial charge is 0.481 e. The SMILES string of the molecule is CCc1cc(CCCC(=O)O)ccc1S(=O)(=O)N(C)CC1CO1. The highest BCUT2D eigenvalue weighted by Gasteiger charge is 2.31. The van der Waals surface area contributed by atoms with Crippen molar-refractivity contribution in [1.82, 2.24) is 4.31 Å². The van der Waals surface area contributed by atoms with E-state index in [0.717, 1.165) is 11.1 Å². The minimum absolute atomic E-state index is 0.00939. The third-order valence-corrected chi connectivity index (χ3v) is 5.84. The number of ether oxygens (including phenoxy) is 1. The molecule has 128 valence electrons. The lowest BCUT2D eigenvalue weighted by molar-refractivity contribution is -0.137. The highest BCUT2D eigenvalue weighted by Crippen LogP contribution is 2.24. The number of aliphatic carboxylic acids is 1. The van der Waals surface area contributed by atoms with Crippen molar-refractivity contribution in [3.05, 3.63) is 29.3 Å². The normalized spacial score (nSPS) is 17.4. The van der Waals surface area contributed by atoms with Gasteiger partial charge in [-0.1, -0.05) is 19.1 Å². The number of carboxylic acid groups (broad SMARTS) is 1. The number of epoxide rings is 1. The Morgan fingerprint density at radius 2 is 2.13 bits per heavy atom. The summed E-state index contributed by atoms with van der Waals surface area (Å²) in [6.45, 7) is 2.90.